The zero-order chi connectivity index (χ0) is 15.1. The number of carbonyl (C=O) groups excluding carboxylic acids is 1. The van der Waals surface area contributed by atoms with Gasteiger partial charge in [0.1, 0.15) is 0 Å². The van der Waals surface area contributed by atoms with Crippen molar-refractivity contribution in [2.75, 3.05) is 19.8 Å². The smallest absolute Gasteiger partial charge is 0.357 e. The van der Waals surface area contributed by atoms with E-state index in [2.05, 4.69) is 9.97 Å². The largest absolute Gasteiger partial charge is 0.461 e. The Morgan fingerprint density at radius 2 is 1.80 bits per heavy atom. The van der Waals surface area contributed by atoms with Crippen LogP contribution >= 0.6 is 0 Å². The van der Waals surface area contributed by atoms with Crippen LogP contribution < -0.4 is 5.56 Å². The van der Waals surface area contributed by atoms with Crippen molar-refractivity contribution in [2.24, 2.45) is 0 Å². The number of esters is 1. The fourth-order valence-electron chi connectivity index (χ4n) is 1.57. The van der Waals surface area contributed by atoms with Crippen molar-refractivity contribution in [1.29, 1.82) is 0 Å². The number of carbonyl (C=O) groups is 1. The predicted octanol–water partition coefficient (Wildman–Crippen LogP) is 1.33. The minimum absolute atomic E-state index is 0.0185. The van der Waals surface area contributed by atoms with Gasteiger partial charge in [-0.05, 0) is 27.7 Å². The number of nitrogens with zero attached hydrogens (tertiary/aromatic N) is 1. The second kappa shape index (κ2) is 7.76. The standard InChI is InChI=1S/C13H20N2O5/c1-5-18-12(17)9-8(4)11(16)15-10(14-9)13(19-6-2)20-7-3/h13H,5-7H2,1-4H3,(H,14,15,16). The molecule has 7 heteroatoms. The van der Waals surface area contributed by atoms with Crippen LogP contribution in [0.15, 0.2) is 4.79 Å². The van der Waals surface area contributed by atoms with E-state index < -0.39 is 17.8 Å². The van der Waals surface area contributed by atoms with Crippen molar-refractivity contribution < 1.29 is 19.0 Å². The van der Waals surface area contributed by atoms with E-state index >= 15 is 0 Å². The molecule has 0 aliphatic rings. The van der Waals surface area contributed by atoms with E-state index in [1.807, 2.05) is 0 Å². The molecule has 7 nitrogen and oxygen atoms in total. The van der Waals surface area contributed by atoms with Gasteiger partial charge in [0.15, 0.2) is 11.5 Å². The van der Waals surface area contributed by atoms with E-state index in [4.69, 9.17) is 14.2 Å². The molecule has 0 amide bonds. The first kappa shape index (κ1) is 16.3. The first-order valence-corrected chi connectivity index (χ1v) is 6.56. The molecule has 1 heterocycles. The predicted molar refractivity (Wildman–Crippen MR) is 71.5 cm³/mol. The molecule has 1 N–H and O–H groups in total. The molecule has 0 saturated heterocycles. The lowest BCUT2D eigenvalue weighted by atomic mass is 10.2. The van der Waals surface area contributed by atoms with Crippen LogP contribution in [0.1, 0.15) is 48.9 Å². The highest BCUT2D eigenvalue weighted by molar-refractivity contribution is 5.88. The topological polar surface area (TPSA) is 90.5 Å². The summed E-state index contributed by atoms with van der Waals surface area (Å²) in [6.07, 6.45) is -0.813. The third-order valence-electron chi connectivity index (χ3n) is 2.50. The Hall–Kier alpha value is -1.73. The summed E-state index contributed by atoms with van der Waals surface area (Å²) in [7, 11) is 0. The lowest BCUT2D eigenvalue weighted by Gasteiger charge is -2.16. The van der Waals surface area contributed by atoms with Crippen LogP contribution in [0.3, 0.4) is 0 Å². The number of ether oxygens (including phenoxy) is 3. The summed E-state index contributed by atoms with van der Waals surface area (Å²) in [6, 6.07) is 0. The highest BCUT2D eigenvalue weighted by atomic mass is 16.7. The molecule has 0 radical (unpaired) electrons. The number of hydrogen-bond donors (Lipinski definition) is 1. The molecule has 0 atom stereocenters. The second-order valence-corrected chi connectivity index (χ2v) is 3.89. The van der Waals surface area contributed by atoms with Crippen LogP contribution in [-0.2, 0) is 14.2 Å². The number of H-pyrrole nitrogens is 1. The summed E-state index contributed by atoms with van der Waals surface area (Å²) >= 11 is 0. The van der Waals surface area contributed by atoms with Gasteiger partial charge in [-0.15, -0.1) is 0 Å². The van der Waals surface area contributed by atoms with Crippen LogP contribution in [0.25, 0.3) is 0 Å². The van der Waals surface area contributed by atoms with Crippen molar-refractivity contribution >= 4 is 5.97 Å². The molecule has 0 aromatic carbocycles. The van der Waals surface area contributed by atoms with Crippen LogP contribution in [0.4, 0.5) is 0 Å². The number of aromatic amines is 1. The second-order valence-electron chi connectivity index (χ2n) is 3.89. The van der Waals surface area contributed by atoms with E-state index in [-0.39, 0.29) is 23.7 Å². The summed E-state index contributed by atoms with van der Waals surface area (Å²) < 4.78 is 15.6. The van der Waals surface area contributed by atoms with Gasteiger partial charge in [0.25, 0.3) is 5.56 Å². The van der Waals surface area contributed by atoms with Gasteiger partial charge in [0.2, 0.25) is 6.29 Å². The molecule has 0 saturated carbocycles. The molecule has 1 rings (SSSR count). The highest BCUT2D eigenvalue weighted by Gasteiger charge is 2.21. The molecule has 0 aliphatic heterocycles. The van der Waals surface area contributed by atoms with Crippen LogP contribution in [0.5, 0.6) is 0 Å². The van der Waals surface area contributed by atoms with Gasteiger partial charge >= 0.3 is 5.97 Å². The monoisotopic (exact) mass is 284 g/mol. The maximum absolute atomic E-state index is 11.9. The first-order valence-electron chi connectivity index (χ1n) is 6.56. The molecular formula is C13H20N2O5. The molecule has 1 aromatic rings. The number of rotatable bonds is 7. The van der Waals surface area contributed by atoms with Crippen LogP contribution in [0, 0.1) is 6.92 Å². The van der Waals surface area contributed by atoms with Gasteiger partial charge in [0, 0.05) is 18.8 Å². The van der Waals surface area contributed by atoms with Crippen molar-refractivity contribution in [3.8, 4) is 0 Å². The van der Waals surface area contributed by atoms with E-state index in [0.717, 1.165) is 0 Å². The number of nitrogens with one attached hydrogen (secondary N) is 1. The summed E-state index contributed by atoms with van der Waals surface area (Å²) in [5, 5.41) is 0. The summed E-state index contributed by atoms with van der Waals surface area (Å²) in [5.41, 5.74) is -0.226. The molecule has 0 fully saturated rings. The number of hydrogen-bond acceptors (Lipinski definition) is 6. The molecule has 0 unspecified atom stereocenters. The van der Waals surface area contributed by atoms with Crippen LogP contribution in [-0.4, -0.2) is 35.8 Å². The van der Waals surface area contributed by atoms with Gasteiger partial charge < -0.3 is 19.2 Å². The Balaban J connectivity index is 3.21. The first-order chi connectivity index (χ1) is 9.54. The maximum atomic E-state index is 11.9. The molecule has 0 aliphatic carbocycles. The lowest BCUT2D eigenvalue weighted by Crippen LogP contribution is -2.25. The van der Waals surface area contributed by atoms with Gasteiger partial charge in [-0.2, -0.15) is 0 Å². The van der Waals surface area contributed by atoms with Gasteiger partial charge in [-0.1, -0.05) is 0 Å². The highest BCUT2D eigenvalue weighted by Crippen LogP contribution is 2.15. The quantitative estimate of drug-likeness (QED) is 0.600. The molecule has 20 heavy (non-hydrogen) atoms. The van der Waals surface area contributed by atoms with Crippen LogP contribution in [0.2, 0.25) is 0 Å². The minimum Gasteiger partial charge on any atom is -0.461 e. The zero-order valence-corrected chi connectivity index (χ0v) is 12.2. The summed E-state index contributed by atoms with van der Waals surface area (Å²) in [4.78, 5) is 30.3. The van der Waals surface area contributed by atoms with Gasteiger partial charge in [-0.25, -0.2) is 9.78 Å². The van der Waals surface area contributed by atoms with E-state index in [1.54, 1.807) is 20.8 Å². The fourth-order valence-corrected chi connectivity index (χ4v) is 1.57. The maximum Gasteiger partial charge on any atom is 0.357 e. The Morgan fingerprint density at radius 3 is 2.30 bits per heavy atom. The Morgan fingerprint density at radius 1 is 1.20 bits per heavy atom. The van der Waals surface area contributed by atoms with Crippen molar-refractivity contribution in [3.63, 3.8) is 0 Å². The molecule has 112 valence electrons. The normalized spacial score (nSPS) is 10.8. The Bertz CT molecular complexity index is 506. The Labute approximate surface area is 117 Å². The van der Waals surface area contributed by atoms with Crippen molar-refractivity contribution in [3.05, 3.63) is 27.4 Å². The summed E-state index contributed by atoms with van der Waals surface area (Å²) in [6.45, 7) is 7.77. The van der Waals surface area contributed by atoms with Gasteiger partial charge in [0.05, 0.1) is 6.61 Å². The summed E-state index contributed by atoms with van der Waals surface area (Å²) in [5.74, 6) is -0.476. The Kier molecular flexibility index (Phi) is 6.33. The molecule has 0 bridgehead atoms. The number of aromatic nitrogens is 2. The lowest BCUT2D eigenvalue weighted by molar-refractivity contribution is -0.145. The SMILES string of the molecule is CCOC(=O)c1nc(C(OCC)OCC)[nH]c(=O)c1C. The van der Waals surface area contributed by atoms with Crippen molar-refractivity contribution in [2.45, 2.75) is 34.0 Å². The molecular weight excluding hydrogens is 264 g/mol. The molecule has 1 aromatic heterocycles. The van der Waals surface area contributed by atoms with E-state index in [1.165, 1.54) is 6.92 Å². The minimum atomic E-state index is -0.813. The van der Waals surface area contributed by atoms with E-state index in [9.17, 15) is 9.59 Å². The average molecular weight is 284 g/mol. The fraction of sp³-hybridized carbons (Fsp3) is 0.615. The van der Waals surface area contributed by atoms with E-state index in [0.29, 0.717) is 13.2 Å². The van der Waals surface area contributed by atoms with Crippen molar-refractivity contribution in [1.82, 2.24) is 9.97 Å². The third kappa shape index (κ3) is 3.88. The molecule has 0 spiro atoms. The zero-order valence-electron chi connectivity index (χ0n) is 12.2. The average Bonchev–Trinajstić information content (AvgIpc) is 2.41. The third-order valence-corrected chi connectivity index (χ3v) is 2.50. The van der Waals surface area contributed by atoms with Gasteiger partial charge in [-0.3, -0.25) is 4.79 Å².